The molecule has 1 aliphatic rings. The van der Waals surface area contributed by atoms with Gasteiger partial charge in [0, 0.05) is 17.9 Å². The van der Waals surface area contributed by atoms with Gasteiger partial charge >= 0.3 is 0 Å². The van der Waals surface area contributed by atoms with E-state index in [0.29, 0.717) is 22.7 Å². The van der Waals surface area contributed by atoms with Crippen molar-refractivity contribution in [1.82, 2.24) is 10.3 Å². The summed E-state index contributed by atoms with van der Waals surface area (Å²) in [6.07, 6.45) is 6.79. The highest BCUT2D eigenvalue weighted by Crippen LogP contribution is 2.35. The number of methoxy groups -OCH3 is 2. The number of anilines is 1. The number of nitrogens with zero attached hydrogens (tertiary/aromatic N) is 2. The lowest BCUT2D eigenvalue weighted by Gasteiger charge is -2.33. The molecule has 0 bridgehead atoms. The smallest absolute Gasteiger partial charge is 0.277 e. The molecule has 7 nitrogen and oxygen atoms in total. The average Bonchev–Trinajstić information content (AvgIpc) is 2.92. The Labute approximate surface area is 206 Å². The van der Waals surface area contributed by atoms with Crippen LogP contribution in [-0.2, 0) is 4.79 Å². The van der Waals surface area contributed by atoms with E-state index in [1.807, 2.05) is 30.3 Å². The lowest BCUT2D eigenvalue weighted by molar-refractivity contribution is -0.123. The van der Waals surface area contributed by atoms with E-state index < -0.39 is 6.04 Å². The van der Waals surface area contributed by atoms with Crippen LogP contribution in [0.2, 0.25) is 0 Å². The van der Waals surface area contributed by atoms with Gasteiger partial charge in [-0.05, 0) is 54.8 Å². The second kappa shape index (κ2) is 11.5. The van der Waals surface area contributed by atoms with Crippen LogP contribution in [0.4, 0.5) is 5.69 Å². The van der Waals surface area contributed by atoms with E-state index in [-0.39, 0.29) is 23.6 Å². The summed E-state index contributed by atoms with van der Waals surface area (Å²) in [5.74, 6) is 0.427. The maximum Gasteiger partial charge on any atom is 0.277 e. The summed E-state index contributed by atoms with van der Waals surface area (Å²) in [5.41, 5.74) is 1.47. The van der Waals surface area contributed by atoms with Gasteiger partial charge in [0.25, 0.3) is 5.91 Å². The number of hydrogen-bond donors (Lipinski definition) is 1. The third kappa shape index (κ3) is 5.62. The molecule has 3 aromatic rings. The van der Waals surface area contributed by atoms with Crippen molar-refractivity contribution in [3.05, 3.63) is 84.2 Å². The molecule has 1 aliphatic carbocycles. The largest absolute Gasteiger partial charge is 0.493 e. The first kappa shape index (κ1) is 24.3. The number of amides is 2. The van der Waals surface area contributed by atoms with E-state index in [4.69, 9.17) is 9.47 Å². The zero-order chi connectivity index (χ0) is 24.6. The monoisotopic (exact) mass is 473 g/mol. The molecule has 7 heteroatoms. The van der Waals surface area contributed by atoms with Gasteiger partial charge in [-0.2, -0.15) is 0 Å². The van der Waals surface area contributed by atoms with Crippen LogP contribution in [0.1, 0.15) is 54.2 Å². The summed E-state index contributed by atoms with van der Waals surface area (Å²) in [7, 11) is 3.11. The number of rotatable bonds is 8. The molecule has 1 unspecified atom stereocenters. The van der Waals surface area contributed by atoms with Crippen molar-refractivity contribution in [2.75, 3.05) is 19.1 Å². The summed E-state index contributed by atoms with van der Waals surface area (Å²) < 4.78 is 10.9. The lowest BCUT2D eigenvalue weighted by atomic mass is 9.94. The number of para-hydroxylation sites is 1. The first-order chi connectivity index (χ1) is 17.1. The zero-order valence-electron chi connectivity index (χ0n) is 20.1. The molecule has 0 radical (unpaired) electrons. The first-order valence-electron chi connectivity index (χ1n) is 11.9. The molecule has 0 aliphatic heterocycles. The average molecular weight is 474 g/mol. The predicted molar refractivity (Wildman–Crippen MR) is 135 cm³/mol. The Morgan fingerprint density at radius 3 is 2.29 bits per heavy atom. The van der Waals surface area contributed by atoms with Gasteiger partial charge in [-0.1, -0.05) is 49.6 Å². The molecule has 1 aromatic heterocycles. The van der Waals surface area contributed by atoms with Crippen molar-refractivity contribution >= 4 is 17.5 Å². The van der Waals surface area contributed by atoms with E-state index in [2.05, 4.69) is 10.3 Å². The first-order valence-corrected chi connectivity index (χ1v) is 11.9. The van der Waals surface area contributed by atoms with E-state index in [9.17, 15) is 9.59 Å². The van der Waals surface area contributed by atoms with Gasteiger partial charge in [0.15, 0.2) is 11.5 Å². The van der Waals surface area contributed by atoms with Gasteiger partial charge in [-0.3, -0.25) is 19.5 Å². The number of hydrogen-bond acceptors (Lipinski definition) is 5. The molecule has 1 atom stereocenters. The molecule has 2 amide bonds. The van der Waals surface area contributed by atoms with Crippen molar-refractivity contribution < 1.29 is 19.1 Å². The Morgan fingerprint density at radius 2 is 1.63 bits per heavy atom. The summed E-state index contributed by atoms with van der Waals surface area (Å²) in [6.45, 7) is 0. The minimum absolute atomic E-state index is 0.0847. The molecule has 0 spiro atoms. The maximum atomic E-state index is 13.9. The highest BCUT2D eigenvalue weighted by molar-refractivity contribution is 6.09. The Bertz CT molecular complexity index is 1130. The van der Waals surface area contributed by atoms with Crippen LogP contribution in [-0.4, -0.2) is 37.1 Å². The zero-order valence-corrected chi connectivity index (χ0v) is 20.1. The minimum Gasteiger partial charge on any atom is -0.493 e. The Morgan fingerprint density at radius 1 is 0.914 bits per heavy atom. The van der Waals surface area contributed by atoms with Gasteiger partial charge in [0.05, 0.1) is 14.2 Å². The Hall–Kier alpha value is -3.87. The number of nitrogens with one attached hydrogen (secondary N) is 1. The van der Waals surface area contributed by atoms with Crippen LogP contribution in [0, 0.1) is 0 Å². The fourth-order valence-corrected chi connectivity index (χ4v) is 4.55. The third-order valence-corrected chi connectivity index (χ3v) is 6.32. The van der Waals surface area contributed by atoms with Crippen LogP contribution in [0.15, 0.2) is 72.9 Å². The van der Waals surface area contributed by atoms with Crippen molar-refractivity contribution in [3.8, 4) is 11.5 Å². The molecule has 2 aromatic carbocycles. The SMILES string of the molecule is COc1ccc(C(C(=O)NC2CCCCC2)N(C(=O)c2ccccn2)c2ccccc2)cc1OC. The molecular weight excluding hydrogens is 442 g/mol. The summed E-state index contributed by atoms with van der Waals surface area (Å²) in [4.78, 5) is 33.6. The number of carbonyl (C=O) groups excluding carboxylic acids is 2. The van der Waals surface area contributed by atoms with Gasteiger partial charge in [-0.25, -0.2) is 0 Å². The van der Waals surface area contributed by atoms with Crippen LogP contribution in [0.3, 0.4) is 0 Å². The molecule has 1 heterocycles. The highest BCUT2D eigenvalue weighted by atomic mass is 16.5. The highest BCUT2D eigenvalue weighted by Gasteiger charge is 2.35. The van der Waals surface area contributed by atoms with Gasteiger partial charge < -0.3 is 14.8 Å². The van der Waals surface area contributed by atoms with Gasteiger partial charge in [0.1, 0.15) is 11.7 Å². The molecule has 1 fully saturated rings. The number of ether oxygens (including phenoxy) is 2. The van der Waals surface area contributed by atoms with Crippen LogP contribution >= 0.6 is 0 Å². The molecule has 182 valence electrons. The topological polar surface area (TPSA) is 80.8 Å². The Balaban J connectivity index is 1.82. The second-order valence-electron chi connectivity index (χ2n) is 8.59. The standard InChI is InChI=1S/C28H31N3O4/c1-34-24-17-16-20(19-25(24)35-2)26(27(32)30-21-11-5-3-6-12-21)31(22-13-7-4-8-14-22)28(33)23-15-9-10-18-29-23/h4,7-10,13-19,21,26H,3,5-6,11-12H2,1-2H3,(H,30,32). The molecule has 4 rings (SSSR count). The van der Waals surface area contributed by atoms with Crippen LogP contribution in [0.25, 0.3) is 0 Å². The molecular formula is C28H31N3O4. The molecule has 35 heavy (non-hydrogen) atoms. The second-order valence-corrected chi connectivity index (χ2v) is 8.59. The van der Waals surface area contributed by atoms with Crippen molar-refractivity contribution in [3.63, 3.8) is 0 Å². The van der Waals surface area contributed by atoms with Crippen molar-refractivity contribution in [2.24, 2.45) is 0 Å². The fourth-order valence-electron chi connectivity index (χ4n) is 4.55. The van der Waals surface area contributed by atoms with Crippen molar-refractivity contribution in [2.45, 2.75) is 44.2 Å². The normalized spacial score (nSPS) is 14.6. The van der Waals surface area contributed by atoms with Gasteiger partial charge in [0.2, 0.25) is 5.91 Å². The molecule has 1 saturated carbocycles. The minimum atomic E-state index is -0.936. The lowest BCUT2D eigenvalue weighted by Crippen LogP contribution is -2.47. The number of aromatic nitrogens is 1. The third-order valence-electron chi connectivity index (χ3n) is 6.32. The van der Waals surface area contributed by atoms with Crippen molar-refractivity contribution in [1.29, 1.82) is 0 Å². The molecule has 1 N–H and O–H groups in total. The molecule has 0 saturated heterocycles. The predicted octanol–water partition coefficient (Wildman–Crippen LogP) is 4.94. The summed E-state index contributed by atoms with van der Waals surface area (Å²) in [6, 6.07) is 18.8. The van der Waals surface area contributed by atoms with E-state index in [1.54, 1.807) is 56.8 Å². The van der Waals surface area contributed by atoms with E-state index in [1.165, 1.54) is 11.3 Å². The number of benzene rings is 2. The maximum absolute atomic E-state index is 13.9. The summed E-state index contributed by atoms with van der Waals surface area (Å²) >= 11 is 0. The fraction of sp³-hybridized carbons (Fsp3) is 0.321. The number of carbonyl (C=O) groups is 2. The Kier molecular flexibility index (Phi) is 7.98. The van der Waals surface area contributed by atoms with E-state index >= 15 is 0 Å². The van der Waals surface area contributed by atoms with Crippen LogP contribution in [0.5, 0.6) is 11.5 Å². The quantitative estimate of drug-likeness (QED) is 0.501. The van der Waals surface area contributed by atoms with Crippen LogP contribution < -0.4 is 19.7 Å². The summed E-state index contributed by atoms with van der Waals surface area (Å²) in [5, 5.41) is 3.21. The van der Waals surface area contributed by atoms with Gasteiger partial charge in [-0.15, -0.1) is 0 Å². The number of pyridine rings is 1. The van der Waals surface area contributed by atoms with E-state index in [0.717, 1.165) is 25.7 Å².